The second kappa shape index (κ2) is 7.17. The molecule has 0 bridgehead atoms. The van der Waals surface area contributed by atoms with Gasteiger partial charge >= 0.3 is 5.69 Å². The maximum Gasteiger partial charge on any atom is 0.350 e. The molecule has 160 valence electrons. The number of aromatic nitrogens is 3. The molecule has 0 saturated heterocycles. The van der Waals surface area contributed by atoms with E-state index in [0.717, 1.165) is 6.07 Å². The lowest BCUT2D eigenvalue weighted by Crippen LogP contribution is -2.21. The van der Waals surface area contributed by atoms with Crippen molar-refractivity contribution in [2.75, 3.05) is 4.72 Å². The number of anilines is 1. The zero-order chi connectivity index (χ0) is 22.5. The summed E-state index contributed by atoms with van der Waals surface area (Å²) in [5.74, 6) is -1.20. The molecule has 3 heterocycles. The van der Waals surface area contributed by atoms with Crippen LogP contribution in [0.3, 0.4) is 0 Å². The molecule has 11 heteroatoms. The van der Waals surface area contributed by atoms with E-state index >= 15 is 0 Å². The molecule has 32 heavy (non-hydrogen) atoms. The fraction of sp³-hybridized carbons (Fsp3) is 0.0476. The van der Waals surface area contributed by atoms with Gasteiger partial charge in [-0.15, -0.1) is 5.10 Å². The molecule has 0 radical (unpaired) electrons. The quantitative estimate of drug-likeness (QED) is 0.441. The Kier molecular flexibility index (Phi) is 4.41. The van der Waals surface area contributed by atoms with Crippen molar-refractivity contribution in [1.29, 1.82) is 0 Å². The standard InChI is InChI=1S/C21H15N5O5S/c27-19-16-8-7-15(11-17(16)20(28)22-19)32(30,31)24-14-5-3-4-13(10-14)12-26-21(29)25-9-2-1-6-18(25)23-26/h1-11,24H,12H2,(H,22,27,28). The topological polar surface area (TPSA) is 132 Å². The van der Waals surface area contributed by atoms with Gasteiger partial charge in [0, 0.05) is 11.9 Å². The van der Waals surface area contributed by atoms with Crippen molar-refractivity contribution in [3.8, 4) is 0 Å². The number of rotatable bonds is 5. The minimum Gasteiger partial charge on any atom is -0.288 e. The van der Waals surface area contributed by atoms with E-state index in [4.69, 9.17) is 0 Å². The number of hydrogen-bond donors (Lipinski definition) is 2. The summed E-state index contributed by atoms with van der Waals surface area (Å²) >= 11 is 0. The predicted molar refractivity (Wildman–Crippen MR) is 114 cm³/mol. The molecular weight excluding hydrogens is 434 g/mol. The number of nitrogens with zero attached hydrogens (tertiary/aromatic N) is 3. The highest BCUT2D eigenvalue weighted by Crippen LogP contribution is 2.23. The van der Waals surface area contributed by atoms with Crippen LogP contribution in [0.25, 0.3) is 5.65 Å². The fourth-order valence-corrected chi connectivity index (χ4v) is 4.58. The summed E-state index contributed by atoms with van der Waals surface area (Å²) in [5, 5.41) is 6.40. The molecule has 0 unspecified atom stereocenters. The molecule has 1 aliphatic heterocycles. The van der Waals surface area contributed by atoms with E-state index in [-0.39, 0.29) is 33.9 Å². The van der Waals surface area contributed by atoms with Crippen LogP contribution in [0.5, 0.6) is 0 Å². The van der Waals surface area contributed by atoms with Gasteiger partial charge < -0.3 is 0 Å². The highest BCUT2D eigenvalue weighted by Gasteiger charge is 2.28. The number of benzene rings is 2. The summed E-state index contributed by atoms with van der Waals surface area (Å²) in [5.41, 5.74) is 1.28. The monoisotopic (exact) mass is 449 g/mol. The number of hydrogen-bond acceptors (Lipinski definition) is 6. The van der Waals surface area contributed by atoms with Crippen molar-refractivity contribution in [3.63, 3.8) is 0 Å². The van der Waals surface area contributed by atoms with Gasteiger partial charge in [0.2, 0.25) is 0 Å². The zero-order valence-electron chi connectivity index (χ0n) is 16.3. The van der Waals surface area contributed by atoms with Gasteiger partial charge in [-0.3, -0.25) is 24.0 Å². The van der Waals surface area contributed by atoms with E-state index in [1.165, 1.54) is 21.2 Å². The molecule has 10 nitrogen and oxygen atoms in total. The van der Waals surface area contributed by atoms with Crippen LogP contribution in [0, 0.1) is 0 Å². The van der Waals surface area contributed by atoms with Crippen molar-refractivity contribution >= 4 is 33.2 Å². The van der Waals surface area contributed by atoms with Crippen molar-refractivity contribution in [2.45, 2.75) is 11.4 Å². The lowest BCUT2D eigenvalue weighted by Gasteiger charge is -2.10. The number of amides is 2. The van der Waals surface area contributed by atoms with Crippen LogP contribution in [0.2, 0.25) is 0 Å². The van der Waals surface area contributed by atoms with Crippen molar-refractivity contribution in [3.05, 3.63) is 94.0 Å². The van der Waals surface area contributed by atoms with E-state index in [9.17, 15) is 22.8 Å². The zero-order valence-corrected chi connectivity index (χ0v) is 17.2. The minimum absolute atomic E-state index is 0.0119. The molecule has 0 spiro atoms. The van der Waals surface area contributed by atoms with Crippen LogP contribution in [-0.2, 0) is 16.6 Å². The van der Waals surface area contributed by atoms with Gasteiger partial charge in [0.1, 0.15) is 0 Å². The highest BCUT2D eigenvalue weighted by molar-refractivity contribution is 7.92. The maximum atomic E-state index is 12.8. The molecular formula is C21H15N5O5S. The first kappa shape index (κ1) is 19.7. The Morgan fingerprint density at radius 3 is 2.53 bits per heavy atom. The number of carbonyl (C=O) groups excluding carboxylic acids is 2. The van der Waals surface area contributed by atoms with Crippen molar-refractivity contribution in [1.82, 2.24) is 19.5 Å². The van der Waals surface area contributed by atoms with Crippen molar-refractivity contribution in [2.24, 2.45) is 0 Å². The molecule has 1 aliphatic rings. The summed E-state index contributed by atoms with van der Waals surface area (Å²) in [6, 6.07) is 15.5. The minimum atomic E-state index is -4.02. The van der Waals surface area contributed by atoms with Crippen LogP contribution >= 0.6 is 0 Å². The normalized spacial score (nSPS) is 13.2. The molecule has 0 saturated carbocycles. The van der Waals surface area contributed by atoms with E-state index in [0.29, 0.717) is 11.2 Å². The van der Waals surface area contributed by atoms with Crippen LogP contribution in [0.4, 0.5) is 5.69 Å². The molecule has 2 aromatic carbocycles. The van der Waals surface area contributed by atoms with Gasteiger partial charge in [-0.05, 0) is 48.0 Å². The van der Waals surface area contributed by atoms with Crippen LogP contribution in [0.1, 0.15) is 26.3 Å². The molecule has 2 aromatic heterocycles. The first-order valence-corrected chi connectivity index (χ1v) is 11.0. The number of carbonyl (C=O) groups is 2. The maximum absolute atomic E-state index is 12.8. The Bertz CT molecular complexity index is 1590. The van der Waals surface area contributed by atoms with E-state index in [1.54, 1.807) is 48.7 Å². The lowest BCUT2D eigenvalue weighted by atomic mass is 10.1. The number of pyridine rings is 1. The molecule has 5 rings (SSSR count). The first-order valence-electron chi connectivity index (χ1n) is 9.47. The second-order valence-electron chi connectivity index (χ2n) is 7.17. The summed E-state index contributed by atoms with van der Waals surface area (Å²) in [4.78, 5) is 35.8. The van der Waals surface area contributed by atoms with E-state index < -0.39 is 21.8 Å². The average molecular weight is 449 g/mol. The fourth-order valence-electron chi connectivity index (χ4n) is 3.51. The Labute approximate surface area is 181 Å². The van der Waals surface area contributed by atoms with Gasteiger partial charge in [-0.25, -0.2) is 17.9 Å². The number of nitrogens with one attached hydrogen (secondary N) is 2. The molecule has 0 atom stereocenters. The largest absolute Gasteiger partial charge is 0.350 e. The van der Waals surface area contributed by atoms with Gasteiger partial charge in [-0.2, -0.15) is 0 Å². The second-order valence-corrected chi connectivity index (χ2v) is 8.85. The Morgan fingerprint density at radius 2 is 1.72 bits per heavy atom. The molecule has 2 N–H and O–H groups in total. The Morgan fingerprint density at radius 1 is 0.906 bits per heavy atom. The Balaban J connectivity index is 1.42. The third-order valence-corrected chi connectivity index (χ3v) is 6.40. The summed E-state index contributed by atoms with van der Waals surface area (Å²) < 4.78 is 30.8. The molecule has 2 amide bonds. The van der Waals surface area contributed by atoms with Gasteiger partial charge in [0.25, 0.3) is 21.8 Å². The predicted octanol–water partition coefficient (Wildman–Crippen LogP) is 1.23. The van der Waals surface area contributed by atoms with Gasteiger partial charge in [0.05, 0.1) is 22.6 Å². The molecule has 4 aromatic rings. The summed E-state index contributed by atoms with van der Waals surface area (Å²) in [6.45, 7) is 0.150. The molecule has 0 aliphatic carbocycles. The highest BCUT2D eigenvalue weighted by atomic mass is 32.2. The number of imide groups is 1. The Hall–Kier alpha value is -4.25. The lowest BCUT2D eigenvalue weighted by molar-refractivity contribution is 0.0879. The number of fused-ring (bicyclic) bond motifs is 2. The van der Waals surface area contributed by atoms with Crippen LogP contribution in [0.15, 0.2) is 76.6 Å². The van der Waals surface area contributed by atoms with Crippen molar-refractivity contribution < 1.29 is 18.0 Å². The SMILES string of the molecule is O=C1NC(=O)c2cc(S(=O)(=O)Nc3cccc(Cn4nc5ccccn5c4=O)c3)ccc21. The average Bonchev–Trinajstić information content (AvgIpc) is 3.23. The first-order chi connectivity index (χ1) is 15.3. The van der Waals surface area contributed by atoms with E-state index in [2.05, 4.69) is 15.1 Å². The van der Waals surface area contributed by atoms with Crippen LogP contribution < -0.4 is 15.7 Å². The third kappa shape index (κ3) is 3.34. The smallest absolute Gasteiger partial charge is 0.288 e. The number of sulfonamides is 1. The van der Waals surface area contributed by atoms with Gasteiger partial charge in [-0.1, -0.05) is 18.2 Å². The van der Waals surface area contributed by atoms with E-state index in [1.807, 2.05) is 0 Å². The van der Waals surface area contributed by atoms with Crippen LogP contribution in [-0.4, -0.2) is 34.4 Å². The van der Waals surface area contributed by atoms with Gasteiger partial charge in [0.15, 0.2) is 5.65 Å². The summed E-state index contributed by atoms with van der Waals surface area (Å²) in [7, 11) is -4.02. The summed E-state index contributed by atoms with van der Waals surface area (Å²) in [6.07, 6.45) is 1.62. The third-order valence-electron chi connectivity index (χ3n) is 5.02. The molecule has 0 fully saturated rings.